The lowest BCUT2D eigenvalue weighted by Gasteiger charge is -2.11. The van der Waals surface area contributed by atoms with Gasteiger partial charge < -0.3 is 9.16 Å². The SMILES string of the molecule is C=Cc1ccccc1CCO[Si]C(C)COCC. The minimum Gasteiger partial charge on any atom is -0.417 e. The molecule has 0 amide bonds. The summed E-state index contributed by atoms with van der Waals surface area (Å²) in [5.74, 6) is 0. The van der Waals surface area contributed by atoms with E-state index in [9.17, 15) is 0 Å². The summed E-state index contributed by atoms with van der Waals surface area (Å²) in [7, 11) is 0.514. The molecule has 0 spiro atoms. The molecule has 1 aromatic rings. The Hall–Kier alpha value is -0.903. The molecule has 0 fully saturated rings. The molecule has 0 aliphatic carbocycles. The van der Waals surface area contributed by atoms with Gasteiger partial charge in [0.2, 0.25) is 9.76 Å². The number of hydrogen-bond acceptors (Lipinski definition) is 2. The van der Waals surface area contributed by atoms with E-state index in [1.807, 2.05) is 19.1 Å². The lowest BCUT2D eigenvalue weighted by Crippen LogP contribution is -2.13. The van der Waals surface area contributed by atoms with Crippen LogP contribution < -0.4 is 0 Å². The van der Waals surface area contributed by atoms with Crippen LogP contribution in [-0.4, -0.2) is 29.6 Å². The van der Waals surface area contributed by atoms with Crippen LogP contribution in [0.4, 0.5) is 0 Å². The minimum atomic E-state index is 0.486. The standard InChI is InChI=1S/C15H22O2Si/c1-4-14-8-6-7-9-15(14)10-11-17-18-13(3)12-16-5-2/h4,6-9,13H,1,5,10-12H2,2-3H3. The molecule has 1 atom stereocenters. The molecule has 0 saturated heterocycles. The Bertz CT molecular complexity index is 352. The predicted octanol–water partition coefficient (Wildman–Crippen LogP) is 3.35. The fraction of sp³-hybridized carbons (Fsp3) is 0.467. The third kappa shape index (κ3) is 5.62. The van der Waals surface area contributed by atoms with E-state index >= 15 is 0 Å². The smallest absolute Gasteiger partial charge is 0.235 e. The Kier molecular flexibility index (Phi) is 7.65. The largest absolute Gasteiger partial charge is 0.417 e. The molecule has 3 heteroatoms. The Morgan fingerprint density at radius 3 is 2.89 bits per heavy atom. The molecule has 18 heavy (non-hydrogen) atoms. The van der Waals surface area contributed by atoms with E-state index in [2.05, 4.69) is 31.7 Å². The normalized spacial score (nSPS) is 12.3. The predicted molar refractivity (Wildman–Crippen MR) is 77.9 cm³/mol. The van der Waals surface area contributed by atoms with E-state index in [0.717, 1.165) is 26.2 Å². The quantitative estimate of drug-likeness (QED) is 0.502. The first-order valence-corrected chi connectivity index (χ1v) is 7.41. The first kappa shape index (κ1) is 15.2. The Labute approximate surface area is 113 Å². The molecule has 0 heterocycles. The number of benzene rings is 1. The molecule has 0 aromatic heterocycles. The molecule has 2 radical (unpaired) electrons. The van der Waals surface area contributed by atoms with E-state index < -0.39 is 0 Å². The van der Waals surface area contributed by atoms with Crippen molar-refractivity contribution >= 4 is 15.8 Å². The molecule has 0 aliphatic heterocycles. The Morgan fingerprint density at radius 1 is 1.39 bits per heavy atom. The average Bonchev–Trinajstić information content (AvgIpc) is 2.41. The lowest BCUT2D eigenvalue weighted by atomic mass is 10.1. The first-order chi connectivity index (χ1) is 8.77. The third-order valence-corrected chi connectivity index (χ3v) is 3.54. The molecular weight excluding hydrogens is 240 g/mol. The molecule has 0 bridgehead atoms. The second-order valence-electron chi connectivity index (χ2n) is 4.18. The van der Waals surface area contributed by atoms with E-state index in [1.54, 1.807) is 0 Å². The van der Waals surface area contributed by atoms with Gasteiger partial charge in [-0.25, -0.2) is 0 Å². The van der Waals surface area contributed by atoms with Crippen molar-refractivity contribution in [1.82, 2.24) is 0 Å². The number of hydrogen-bond donors (Lipinski definition) is 0. The summed E-state index contributed by atoms with van der Waals surface area (Å²) in [6, 6.07) is 8.31. The molecule has 1 unspecified atom stereocenters. The van der Waals surface area contributed by atoms with Crippen LogP contribution in [0.1, 0.15) is 25.0 Å². The van der Waals surface area contributed by atoms with Gasteiger partial charge in [-0.2, -0.15) is 0 Å². The second kappa shape index (κ2) is 9.08. The summed E-state index contributed by atoms with van der Waals surface area (Å²) in [4.78, 5) is 0. The van der Waals surface area contributed by atoms with E-state index in [1.165, 1.54) is 11.1 Å². The first-order valence-electron chi connectivity index (χ1n) is 6.43. The summed E-state index contributed by atoms with van der Waals surface area (Å²) in [6.45, 7) is 10.3. The van der Waals surface area contributed by atoms with Crippen LogP contribution in [0.3, 0.4) is 0 Å². The lowest BCUT2D eigenvalue weighted by molar-refractivity contribution is 0.144. The van der Waals surface area contributed by atoms with Crippen LogP contribution in [-0.2, 0) is 15.6 Å². The molecule has 0 aliphatic rings. The van der Waals surface area contributed by atoms with Crippen LogP contribution in [0.2, 0.25) is 5.54 Å². The van der Waals surface area contributed by atoms with Gasteiger partial charge in [0.05, 0.1) is 0 Å². The molecule has 1 aromatic carbocycles. The second-order valence-corrected chi connectivity index (χ2v) is 5.69. The van der Waals surface area contributed by atoms with Gasteiger partial charge in [-0.05, 0) is 30.0 Å². The van der Waals surface area contributed by atoms with Gasteiger partial charge in [0, 0.05) is 19.8 Å². The topological polar surface area (TPSA) is 18.5 Å². The summed E-state index contributed by atoms with van der Waals surface area (Å²) in [6.07, 6.45) is 2.84. The van der Waals surface area contributed by atoms with Crippen LogP contribution in [0.25, 0.3) is 6.08 Å². The zero-order valence-corrected chi connectivity index (χ0v) is 12.3. The average molecular weight is 262 g/mol. The maximum Gasteiger partial charge on any atom is 0.235 e. The maximum atomic E-state index is 5.71. The van der Waals surface area contributed by atoms with Gasteiger partial charge >= 0.3 is 0 Å². The fourth-order valence-corrected chi connectivity index (χ4v) is 2.34. The highest BCUT2D eigenvalue weighted by atomic mass is 28.2. The zero-order chi connectivity index (χ0) is 13.2. The van der Waals surface area contributed by atoms with Crippen molar-refractivity contribution in [3.8, 4) is 0 Å². The third-order valence-electron chi connectivity index (χ3n) is 2.60. The molecule has 98 valence electrons. The van der Waals surface area contributed by atoms with Crippen LogP contribution in [0, 0.1) is 0 Å². The van der Waals surface area contributed by atoms with Crippen molar-refractivity contribution in [3.63, 3.8) is 0 Å². The number of rotatable bonds is 9. The van der Waals surface area contributed by atoms with Crippen LogP contribution >= 0.6 is 0 Å². The van der Waals surface area contributed by atoms with Crippen molar-refractivity contribution in [2.45, 2.75) is 25.8 Å². The van der Waals surface area contributed by atoms with Gasteiger partial charge in [-0.3, -0.25) is 0 Å². The summed E-state index contributed by atoms with van der Waals surface area (Å²) in [5.41, 5.74) is 2.99. The highest BCUT2D eigenvalue weighted by molar-refractivity contribution is 6.29. The fourth-order valence-electron chi connectivity index (χ4n) is 1.65. The van der Waals surface area contributed by atoms with Crippen molar-refractivity contribution in [2.75, 3.05) is 19.8 Å². The zero-order valence-electron chi connectivity index (χ0n) is 11.3. The highest BCUT2D eigenvalue weighted by Crippen LogP contribution is 2.11. The van der Waals surface area contributed by atoms with Gasteiger partial charge in [0.15, 0.2) is 0 Å². The summed E-state index contributed by atoms with van der Waals surface area (Å²) < 4.78 is 11.1. The van der Waals surface area contributed by atoms with Crippen molar-refractivity contribution in [1.29, 1.82) is 0 Å². The summed E-state index contributed by atoms with van der Waals surface area (Å²) >= 11 is 0. The number of ether oxygens (including phenoxy) is 1. The molecular formula is C15H22O2Si. The van der Waals surface area contributed by atoms with E-state index in [4.69, 9.17) is 9.16 Å². The maximum absolute atomic E-state index is 5.71. The Balaban J connectivity index is 2.23. The molecule has 1 rings (SSSR count). The highest BCUT2D eigenvalue weighted by Gasteiger charge is 2.05. The molecule has 0 N–H and O–H groups in total. The van der Waals surface area contributed by atoms with Crippen LogP contribution in [0.5, 0.6) is 0 Å². The van der Waals surface area contributed by atoms with E-state index in [-0.39, 0.29) is 0 Å². The summed E-state index contributed by atoms with van der Waals surface area (Å²) in [5, 5.41) is 0. The van der Waals surface area contributed by atoms with Crippen molar-refractivity contribution in [2.24, 2.45) is 0 Å². The molecule has 2 nitrogen and oxygen atoms in total. The Morgan fingerprint density at radius 2 is 2.17 bits per heavy atom. The minimum absolute atomic E-state index is 0.486. The van der Waals surface area contributed by atoms with Gasteiger partial charge in [-0.15, -0.1) is 0 Å². The molecule has 0 saturated carbocycles. The van der Waals surface area contributed by atoms with Gasteiger partial charge in [-0.1, -0.05) is 43.8 Å². The van der Waals surface area contributed by atoms with Gasteiger partial charge in [0.25, 0.3) is 0 Å². The monoisotopic (exact) mass is 262 g/mol. The van der Waals surface area contributed by atoms with Gasteiger partial charge in [0.1, 0.15) is 0 Å². The van der Waals surface area contributed by atoms with Crippen LogP contribution in [0.15, 0.2) is 30.8 Å². The van der Waals surface area contributed by atoms with Crippen molar-refractivity contribution < 1.29 is 9.16 Å². The van der Waals surface area contributed by atoms with Crippen molar-refractivity contribution in [3.05, 3.63) is 42.0 Å². The van der Waals surface area contributed by atoms with E-state index in [0.29, 0.717) is 15.3 Å².